The molecule has 2 N–H and O–H groups in total. The predicted octanol–water partition coefficient (Wildman–Crippen LogP) is 2.40. The monoisotopic (exact) mass is 310 g/mol. The van der Waals surface area contributed by atoms with Crippen molar-refractivity contribution >= 4 is 11.9 Å². The van der Waals surface area contributed by atoms with E-state index >= 15 is 0 Å². The van der Waals surface area contributed by atoms with Crippen molar-refractivity contribution in [1.29, 1.82) is 0 Å². The highest BCUT2D eigenvalue weighted by Crippen LogP contribution is 2.28. The van der Waals surface area contributed by atoms with Gasteiger partial charge in [-0.25, -0.2) is 0 Å². The second kappa shape index (κ2) is 8.51. The van der Waals surface area contributed by atoms with E-state index in [1.807, 2.05) is 11.8 Å². The summed E-state index contributed by atoms with van der Waals surface area (Å²) < 4.78 is 0. The van der Waals surface area contributed by atoms with Crippen LogP contribution >= 0.6 is 0 Å². The molecule has 2 rings (SSSR count). The van der Waals surface area contributed by atoms with Crippen molar-refractivity contribution in [2.24, 2.45) is 5.92 Å². The lowest BCUT2D eigenvalue weighted by atomic mass is 9.85. The van der Waals surface area contributed by atoms with E-state index in [4.69, 9.17) is 5.11 Å². The van der Waals surface area contributed by atoms with E-state index < -0.39 is 5.97 Å². The average Bonchev–Trinajstić information content (AvgIpc) is 2.68. The third-order valence-corrected chi connectivity index (χ3v) is 5.19. The minimum absolute atomic E-state index is 0.101. The van der Waals surface area contributed by atoms with Crippen LogP contribution in [0, 0.1) is 5.92 Å². The van der Waals surface area contributed by atoms with Gasteiger partial charge in [-0.3, -0.25) is 14.5 Å². The van der Waals surface area contributed by atoms with E-state index in [0.717, 1.165) is 19.4 Å². The van der Waals surface area contributed by atoms with Gasteiger partial charge in [0.15, 0.2) is 0 Å². The van der Waals surface area contributed by atoms with Crippen LogP contribution in [0.1, 0.15) is 64.7 Å². The lowest BCUT2D eigenvalue weighted by Gasteiger charge is -2.42. The van der Waals surface area contributed by atoms with Gasteiger partial charge in [0.1, 0.15) is 0 Å². The quantitative estimate of drug-likeness (QED) is 0.709. The van der Waals surface area contributed by atoms with Crippen LogP contribution in [0.4, 0.5) is 0 Å². The second-order valence-corrected chi connectivity index (χ2v) is 6.91. The van der Waals surface area contributed by atoms with Gasteiger partial charge in [-0.2, -0.15) is 0 Å². The Morgan fingerprint density at radius 2 is 1.77 bits per heavy atom. The first-order chi connectivity index (χ1) is 10.6. The first-order valence-corrected chi connectivity index (χ1v) is 8.83. The zero-order chi connectivity index (χ0) is 15.9. The maximum absolute atomic E-state index is 12.1. The molecule has 126 valence electrons. The Balaban J connectivity index is 1.65. The number of carboxylic acid groups (broad SMARTS) is 1. The fourth-order valence-electron chi connectivity index (χ4n) is 3.79. The van der Waals surface area contributed by atoms with Crippen LogP contribution < -0.4 is 5.32 Å². The number of nitrogens with one attached hydrogen (secondary N) is 1. The van der Waals surface area contributed by atoms with Gasteiger partial charge in [-0.05, 0) is 38.1 Å². The number of aliphatic carboxylic acids is 1. The standard InChI is InChI=1S/C17H30N2O3/c1-2-19(12-17(21)22)15-10-14(11-15)18-16(20)9-13-7-5-3-4-6-8-13/h13-15H,2-12H2,1H3,(H,18,20)(H,21,22). The van der Waals surface area contributed by atoms with Crippen molar-refractivity contribution in [1.82, 2.24) is 10.2 Å². The number of rotatable bonds is 7. The SMILES string of the molecule is CCN(CC(=O)O)C1CC(NC(=O)CC2CCCCCC2)C1. The number of hydrogen-bond donors (Lipinski definition) is 2. The van der Waals surface area contributed by atoms with E-state index in [1.165, 1.54) is 38.5 Å². The zero-order valence-electron chi connectivity index (χ0n) is 13.7. The van der Waals surface area contributed by atoms with Crippen LogP contribution in [0.5, 0.6) is 0 Å². The molecule has 0 aromatic carbocycles. The summed E-state index contributed by atoms with van der Waals surface area (Å²) >= 11 is 0. The molecule has 0 spiro atoms. The molecule has 5 nitrogen and oxygen atoms in total. The topological polar surface area (TPSA) is 69.6 Å². The molecule has 0 radical (unpaired) electrons. The maximum Gasteiger partial charge on any atom is 0.317 e. The highest BCUT2D eigenvalue weighted by molar-refractivity contribution is 5.76. The average molecular weight is 310 g/mol. The van der Waals surface area contributed by atoms with Gasteiger partial charge in [0.25, 0.3) is 0 Å². The van der Waals surface area contributed by atoms with Crippen LogP contribution in [0.25, 0.3) is 0 Å². The first-order valence-electron chi connectivity index (χ1n) is 8.83. The Kier molecular flexibility index (Phi) is 6.68. The molecule has 5 heteroatoms. The molecule has 2 aliphatic rings. The molecule has 1 amide bonds. The zero-order valence-corrected chi connectivity index (χ0v) is 13.7. The molecule has 0 aromatic heterocycles. The molecule has 0 heterocycles. The highest BCUT2D eigenvalue weighted by atomic mass is 16.4. The second-order valence-electron chi connectivity index (χ2n) is 6.91. The van der Waals surface area contributed by atoms with Crippen molar-refractivity contribution in [2.45, 2.75) is 76.8 Å². The number of carbonyl (C=O) groups is 2. The van der Waals surface area contributed by atoms with Gasteiger partial charge in [-0.15, -0.1) is 0 Å². The van der Waals surface area contributed by atoms with E-state index in [2.05, 4.69) is 5.32 Å². The smallest absolute Gasteiger partial charge is 0.317 e. The molecule has 0 aromatic rings. The number of carbonyl (C=O) groups excluding carboxylic acids is 1. The summed E-state index contributed by atoms with van der Waals surface area (Å²) in [6, 6.07) is 0.551. The minimum atomic E-state index is -0.775. The summed E-state index contributed by atoms with van der Waals surface area (Å²) in [5.41, 5.74) is 0. The molecule has 0 aliphatic heterocycles. The lowest BCUT2D eigenvalue weighted by molar-refractivity contribution is -0.139. The van der Waals surface area contributed by atoms with Gasteiger partial charge < -0.3 is 10.4 Å². The summed E-state index contributed by atoms with van der Waals surface area (Å²) in [4.78, 5) is 24.9. The first kappa shape index (κ1) is 17.3. The molecule has 2 fully saturated rings. The summed E-state index contributed by atoms with van der Waals surface area (Å²) in [6.45, 7) is 2.84. The van der Waals surface area contributed by atoms with Crippen molar-refractivity contribution in [3.63, 3.8) is 0 Å². The van der Waals surface area contributed by atoms with Gasteiger partial charge in [0.05, 0.1) is 6.54 Å². The minimum Gasteiger partial charge on any atom is -0.480 e. The Bertz CT molecular complexity index is 372. The number of amides is 1. The number of carboxylic acids is 1. The predicted molar refractivity (Wildman–Crippen MR) is 85.6 cm³/mol. The Morgan fingerprint density at radius 1 is 1.14 bits per heavy atom. The number of likely N-dealkylation sites (N-methyl/N-ethyl adjacent to an activating group) is 1. The van der Waals surface area contributed by atoms with Crippen LogP contribution in [0.15, 0.2) is 0 Å². The molecule has 2 aliphatic carbocycles. The molecule has 0 unspecified atom stereocenters. The fraction of sp³-hybridized carbons (Fsp3) is 0.882. The Hall–Kier alpha value is -1.10. The molecule has 22 heavy (non-hydrogen) atoms. The van der Waals surface area contributed by atoms with Crippen molar-refractivity contribution in [3.05, 3.63) is 0 Å². The Morgan fingerprint density at radius 3 is 2.32 bits per heavy atom. The van der Waals surface area contributed by atoms with Crippen LogP contribution in [0.3, 0.4) is 0 Å². The summed E-state index contributed by atoms with van der Waals surface area (Å²) in [7, 11) is 0. The number of nitrogens with zero attached hydrogens (tertiary/aromatic N) is 1. The third-order valence-electron chi connectivity index (χ3n) is 5.19. The summed E-state index contributed by atoms with van der Waals surface area (Å²) in [5, 5.41) is 12.0. The molecular formula is C17H30N2O3. The van der Waals surface area contributed by atoms with Gasteiger partial charge in [0.2, 0.25) is 5.91 Å². The largest absolute Gasteiger partial charge is 0.480 e. The fourth-order valence-corrected chi connectivity index (χ4v) is 3.79. The van der Waals surface area contributed by atoms with Gasteiger partial charge in [-0.1, -0.05) is 32.6 Å². The van der Waals surface area contributed by atoms with Gasteiger partial charge in [0, 0.05) is 18.5 Å². The Labute approximate surface area is 133 Å². The van der Waals surface area contributed by atoms with Crippen LogP contribution in [0.2, 0.25) is 0 Å². The van der Waals surface area contributed by atoms with E-state index in [0.29, 0.717) is 18.4 Å². The molecule has 2 saturated carbocycles. The van der Waals surface area contributed by atoms with E-state index in [-0.39, 0.29) is 18.5 Å². The lowest BCUT2D eigenvalue weighted by Crippen LogP contribution is -2.54. The summed E-state index contributed by atoms with van der Waals surface area (Å²) in [6.07, 6.45) is 10.0. The molecule has 0 atom stereocenters. The summed E-state index contributed by atoms with van der Waals surface area (Å²) in [5.74, 6) is -0.0168. The highest BCUT2D eigenvalue weighted by Gasteiger charge is 2.34. The molecular weight excluding hydrogens is 280 g/mol. The van der Waals surface area contributed by atoms with E-state index in [9.17, 15) is 9.59 Å². The molecule has 0 bridgehead atoms. The van der Waals surface area contributed by atoms with Crippen LogP contribution in [-0.4, -0.2) is 47.1 Å². The third kappa shape index (κ3) is 5.27. The van der Waals surface area contributed by atoms with Crippen molar-refractivity contribution < 1.29 is 14.7 Å². The van der Waals surface area contributed by atoms with E-state index in [1.54, 1.807) is 0 Å². The van der Waals surface area contributed by atoms with Gasteiger partial charge >= 0.3 is 5.97 Å². The maximum atomic E-state index is 12.1. The van der Waals surface area contributed by atoms with Crippen molar-refractivity contribution in [2.75, 3.05) is 13.1 Å². The molecule has 0 saturated heterocycles. The van der Waals surface area contributed by atoms with Crippen molar-refractivity contribution in [3.8, 4) is 0 Å². The van der Waals surface area contributed by atoms with Crippen LogP contribution in [-0.2, 0) is 9.59 Å². The number of hydrogen-bond acceptors (Lipinski definition) is 3. The normalized spacial score (nSPS) is 26.3.